The minimum Gasteiger partial charge on any atom is -0.472 e. The molecule has 0 amide bonds. The van der Waals surface area contributed by atoms with E-state index < -0.39 is 0 Å². The molecule has 1 saturated heterocycles. The van der Waals surface area contributed by atoms with E-state index in [1.165, 1.54) is 24.3 Å². The van der Waals surface area contributed by atoms with E-state index in [1.807, 2.05) is 24.5 Å². The van der Waals surface area contributed by atoms with Gasteiger partial charge in [-0.05, 0) is 49.9 Å². The van der Waals surface area contributed by atoms with Crippen molar-refractivity contribution < 1.29 is 4.42 Å². The SMILES string of the molecule is CN=C(NCc1ccoc1)NCC1CCCN(C)C1c1cccs1. The summed E-state index contributed by atoms with van der Waals surface area (Å²) in [6, 6.07) is 6.87. The molecule has 24 heavy (non-hydrogen) atoms. The van der Waals surface area contributed by atoms with Crippen LogP contribution in [0.1, 0.15) is 29.3 Å². The van der Waals surface area contributed by atoms with Gasteiger partial charge in [0.15, 0.2) is 5.96 Å². The second kappa shape index (κ2) is 8.35. The normalized spacial score (nSPS) is 22.5. The standard InChI is InChI=1S/C18H26N4OS/c1-19-18(20-11-14-7-9-23-13-14)21-12-15-5-3-8-22(2)17(15)16-6-4-10-24-16/h4,6-7,9-10,13,15,17H,3,5,8,11-12H2,1-2H3,(H2,19,20,21). The van der Waals surface area contributed by atoms with Crippen LogP contribution in [-0.4, -0.2) is 38.0 Å². The van der Waals surface area contributed by atoms with Crippen molar-refractivity contribution >= 4 is 17.3 Å². The smallest absolute Gasteiger partial charge is 0.191 e. The van der Waals surface area contributed by atoms with Crippen LogP contribution in [0.5, 0.6) is 0 Å². The van der Waals surface area contributed by atoms with Crippen LogP contribution >= 0.6 is 11.3 Å². The molecule has 1 aliphatic rings. The Hall–Kier alpha value is -1.79. The third-order valence-corrected chi connectivity index (χ3v) is 5.58. The van der Waals surface area contributed by atoms with Crippen molar-refractivity contribution in [2.24, 2.45) is 10.9 Å². The number of piperidine rings is 1. The molecule has 0 bridgehead atoms. The first-order valence-electron chi connectivity index (χ1n) is 8.47. The maximum absolute atomic E-state index is 5.10. The molecule has 2 aromatic rings. The summed E-state index contributed by atoms with van der Waals surface area (Å²) < 4.78 is 5.10. The number of hydrogen-bond donors (Lipinski definition) is 2. The number of guanidine groups is 1. The zero-order chi connectivity index (χ0) is 16.8. The number of likely N-dealkylation sites (tertiary alicyclic amines) is 1. The van der Waals surface area contributed by atoms with Crippen molar-refractivity contribution in [3.63, 3.8) is 0 Å². The summed E-state index contributed by atoms with van der Waals surface area (Å²) in [5, 5.41) is 9.01. The van der Waals surface area contributed by atoms with E-state index in [0.29, 0.717) is 12.0 Å². The zero-order valence-electron chi connectivity index (χ0n) is 14.4. The van der Waals surface area contributed by atoms with Crippen molar-refractivity contribution in [2.45, 2.75) is 25.4 Å². The molecule has 6 heteroatoms. The van der Waals surface area contributed by atoms with Gasteiger partial charge in [-0.1, -0.05) is 6.07 Å². The number of thiophene rings is 1. The van der Waals surface area contributed by atoms with E-state index in [9.17, 15) is 0 Å². The quantitative estimate of drug-likeness (QED) is 0.645. The Labute approximate surface area is 147 Å². The Bertz CT molecular complexity index is 624. The van der Waals surface area contributed by atoms with Crippen LogP contribution in [0.25, 0.3) is 0 Å². The minimum atomic E-state index is 0.498. The van der Waals surface area contributed by atoms with Gasteiger partial charge >= 0.3 is 0 Å². The zero-order valence-corrected chi connectivity index (χ0v) is 15.2. The summed E-state index contributed by atoms with van der Waals surface area (Å²) in [5.41, 5.74) is 1.12. The Morgan fingerprint density at radius 1 is 1.42 bits per heavy atom. The molecule has 1 fully saturated rings. The summed E-state index contributed by atoms with van der Waals surface area (Å²) in [6.07, 6.45) is 5.95. The van der Waals surface area contributed by atoms with Crippen LogP contribution in [-0.2, 0) is 6.54 Å². The minimum absolute atomic E-state index is 0.498. The van der Waals surface area contributed by atoms with Crippen molar-refractivity contribution in [1.82, 2.24) is 15.5 Å². The lowest BCUT2D eigenvalue weighted by Gasteiger charge is -2.39. The molecular weight excluding hydrogens is 320 g/mol. The third kappa shape index (κ3) is 4.19. The average Bonchev–Trinajstić information content (AvgIpc) is 3.29. The van der Waals surface area contributed by atoms with E-state index in [1.54, 1.807) is 12.5 Å². The lowest BCUT2D eigenvalue weighted by Crippen LogP contribution is -2.44. The lowest BCUT2D eigenvalue weighted by molar-refractivity contribution is 0.125. The summed E-state index contributed by atoms with van der Waals surface area (Å²) in [7, 11) is 4.05. The molecule has 2 unspecified atom stereocenters. The second-order valence-electron chi connectivity index (χ2n) is 6.28. The number of furan rings is 1. The van der Waals surface area contributed by atoms with E-state index in [2.05, 4.69) is 45.1 Å². The topological polar surface area (TPSA) is 52.8 Å². The van der Waals surface area contributed by atoms with Gasteiger partial charge in [-0.3, -0.25) is 9.89 Å². The van der Waals surface area contributed by atoms with Crippen molar-refractivity contribution in [3.05, 3.63) is 46.5 Å². The molecule has 130 valence electrons. The van der Waals surface area contributed by atoms with Gasteiger partial charge in [-0.25, -0.2) is 0 Å². The van der Waals surface area contributed by atoms with Gasteiger partial charge in [-0.15, -0.1) is 11.3 Å². The lowest BCUT2D eigenvalue weighted by atomic mass is 9.88. The Kier molecular flexibility index (Phi) is 5.93. The molecule has 2 atom stereocenters. The summed E-state index contributed by atoms with van der Waals surface area (Å²) in [4.78, 5) is 8.28. The maximum Gasteiger partial charge on any atom is 0.191 e. The molecule has 2 N–H and O–H groups in total. The fraction of sp³-hybridized carbons (Fsp3) is 0.500. The van der Waals surface area contributed by atoms with Crippen LogP contribution in [0.3, 0.4) is 0 Å². The summed E-state index contributed by atoms with van der Waals surface area (Å²) >= 11 is 1.86. The van der Waals surface area contributed by atoms with E-state index >= 15 is 0 Å². The highest BCUT2D eigenvalue weighted by atomic mass is 32.1. The summed E-state index contributed by atoms with van der Waals surface area (Å²) in [6.45, 7) is 2.82. The second-order valence-corrected chi connectivity index (χ2v) is 7.26. The highest BCUT2D eigenvalue weighted by Gasteiger charge is 2.31. The first kappa shape index (κ1) is 17.0. The van der Waals surface area contributed by atoms with Gasteiger partial charge in [0.05, 0.1) is 12.5 Å². The van der Waals surface area contributed by atoms with Crippen LogP contribution in [0.2, 0.25) is 0 Å². The molecular formula is C18H26N4OS. The molecule has 3 heterocycles. The Balaban J connectivity index is 1.56. The van der Waals surface area contributed by atoms with E-state index in [4.69, 9.17) is 4.42 Å². The fourth-order valence-electron chi connectivity index (χ4n) is 3.41. The number of aliphatic imine (C=N–C) groups is 1. The van der Waals surface area contributed by atoms with Crippen molar-refractivity contribution in [2.75, 3.05) is 27.2 Å². The molecule has 2 aromatic heterocycles. The first-order valence-corrected chi connectivity index (χ1v) is 9.35. The van der Waals surface area contributed by atoms with Crippen LogP contribution < -0.4 is 10.6 Å². The Morgan fingerprint density at radius 2 is 2.33 bits per heavy atom. The van der Waals surface area contributed by atoms with E-state index in [0.717, 1.165) is 24.6 Å². The highest BCUT2D eigenvalue weighted by molar-refractivity contribution is 7.10. The third-order valence-electron chi connectivity index (χ3n) is 4.64. The molecule has 0 aromatic carbocycles. The maximum atomic E-state index is 5.10. The number of nitrogens with zero attached hydrogens (tertiary/aromatic N) is 2. The predicted octanol–water partition coefficient (Wildman–Crippen LogP) is 3.09. The van der Waals surface area contributed by atoms with Gasteiger partial charge in [0.1, 0.15) is 0 Å². The molecule has 0 aliphatic carbocycles. The molecule has 5 nitrogen and oxygen atoms in total. The molecule has 3 rings (SSSR count). The fourth-order valence-corrected chi connectivity index (χ4v) is 4.39. The van der Waals surface area contributed by atoms with Crippen molar-refractivity contribution in [1.29, 1.82) is 0 Å². The van der Waals surface area contributed by atoms with Gasteiger partial charge in [0, 0.05) is 36.6 Å². The molecule has 0 saturated carbocycles. The van der Waals surface area contributed by atoms with Crippen LogP contribution in [0.15, 0.2) is 45.5 Å². The van der Waals surface area contributed by atoms with Crippen molar-refractivity contribution in [3.8, 4) is 0 Å². The predicted molar refractivity (Wildman–Crippen MR) is 99.3 cm³/mol. The highest BCUT2D eigenvalue weighted by Crippen LogP contribution is 2.36. The van der Waals surface area contributed by atoms with Crippen LogP contribution in [0, 0.1) is 5.92 Å². The van der Waals surface area contributed by atoms with Gasteiger partial charge in [0.25, 0.3) is 0 Å². The average molecular weight is 346 g/mol. The van der Waals surface area contributed by atoms with Gasteiger partial charge in [0.2, 0.25) is 0 Å². The van der Waals surface area contributed by atoms with Crippen LogP contribution in [0.4, 0.5) is 0 Å². The number of rotatable bonds is 5. The largest absolute Gasteiger partial charge is 0.472 e. The molecule has 0 spiro atoms. The monoisotopic (exact) mass is 346 g/mol. The number of hydrogen-bond acceptors (Lipinski definition) is 4. The number of nitrogens with one attached hydrogen (secondary N) is 2. The summed E-state index contributed by atoms with van der Waals surface area (Å²) in [5.74, 6) is 1.43. The first-order chi connectivity index (χ1) is 11.8. The molecule has 0 radical (unpaired) electrons. The van der Waals surface area contributed by atoms with E-state index in [-0.39, 0.29) is 0 Å². The van der Waals surface area contributed by atoms with Gasteiger partial charge in [-0.2, -0.15) is 0 Å². The molecule has 1 aliphatic heterocycles. The van der Waals surface area contributed by atoms with Gasteiger partial charge < -0.3 is 15.1 Å². The Morgan fingerprint density at radius 3 is 3.04 bits per heavy atom.